The van der Waals surface area contributed by atoms with E-state index >= 15 is 0 Å². The van der Waals surface area contributed by atoms with Gasteiger partial charge in [0.1, 0.15) is 0 Å². The summed E-state index contributed by atoms with van der Waals surface area (Å²) in [5.41, 5.74) is 1.44. The van der Waals surface area contributed by atoms with Crippen LogP contribution in [0.3, 0.4) is 0 Å². The summed E-state index contributed by atoms with van der Waals surface area (Å²) in [6.45, 7) is 7.14. The summed E-state index contributed by atoms with van der Waals surface area (Å²) in [6.07, 6.45) is 10.3. The fourth-order valence-electron chi connectivity index (χ4n) is 5.15. The van der Waals surface area contributed by atoms with Crippen LogP contribution in [0.1, 0.15) is 83.6 Å². The second kappa shape index (κ2) is 7.14. The smallest absolute Gasteiger partial charge is 0.159 e. The third-order valence-corrected chi connectivity index (χ3v) is 6.85. The number of benzene rings is 1. The van der Waals surface area contributed by atoms with Gasteiger partial charge in [0.25, 0.3) is 0 Å². The first-order valence-corrected chi connectivity index (χ1v) is 9.79. The Morgan fingerprint density at radius 1 is 0.750 bits per heavy atom. The van der Waals surface area contributed by atoms with E-state index in [4.69, 9.17) is 0 Å². The molecule has 0 bridgehead atoms. The van der Waals surface area contributed by atoms with Crippen LogP contribution in [0.25, 0.3) is 0 Å². The third kappa shape index (κ3) is 4.00. The van der Waals surface area contributed by atoms with Crippen molar-refractivity contribution in [3.05, 3.63) is 35.4 Å². The Labute approximate surface area is 146 Å². The molecule has 1 aromatic rings. The van der Waals surface area contributed by atoms with Gasteiger partial charge in [0, 0.05) is 0 Å². The van der Waals surface area contributed by atoms with Gasteiger partial charge >= 0.3 is 0 Å². The highest BCUT2D eigenvalue weighted by atomic mass is 19.2. The predicted molar refractivity (Wildman–Crippen MR) is 96.0 cm³/mol. The second-order valence-electron chi connectivity index (χ2n) is 9.26. The lowest BCUT2D eigenvalue weighted by Crippen LogP contribution is -2.30. The summed E-state index contributed by atoms with van der Waals surface area (Å²) in [6, 6.07) is 4.47. The molecule has 0 aromatic heterocycles. The minimum Gasteiger partial charge on any atom is -0.204 e. The van der Waals surface area contributed by atoms with E-state index in [9.17, 15) is 8.78 Å². The lowest BCUT2D eigenvalue weighted by atomic mass is 9.64. The molecule has 2 saturated carbocycles. The van der Waals surface area contributed by atoms with Gasteiger partial charge in [0.05, 0.1) is 0 Å². The van der Waals surface area contributed by atoms with Crippen molar-refractivity contribution in [1.82, 2.24) is 0 Å². The molecule has 2 heteroatoms. The molecule has 1 aromatic carbocycles. The highest BCUT2D eigenvalue weighted by molar-refractivity contribution is 5.22. The van der Waals surface area contributed by atoms with E-state index in [0.29, 0.717) is 11.3 Å². The van der Waals surface area contributed by atoms with Gasteiger partial charge in [-0.3, -0.25) is 0 Å². The summed E-state index contributed by atoms with van der Waals surface area (Å²) >= 11 is 0. The lowest BCUT2D eigenvalue weighted by molar-refractivity contribution is 0.107. The fourth-order valence-corrected chi connectivity index (χ4v) is 5.15. The van der Waals surface area contributed by atoms with Gasteiger partial charge in [-0.15, -0.1) is 0 Å². The zero-order chi connectivity index (χ0) is 17.3. The van der Waals surface area contributed by atoms with E-state index in [0.717, 1.165) is 36.2 Å². The van der Waals surface area contributed by atoms with Gasteiger partial charge in [-0.25, -0.2) is 8.78 Å². The largest absolute Gasteiger partial charge is 0.204 e. The Morgan fingerprint density at radius 2 is 1.29 bits per heavy atom. The normalized spacial score (nSPS) is 31.9. The van der Waals surface area contributed by atoms with Crippen LogP contribution in [-0.4, -0.2) is 0 Å². The molecule has 0 spiro atoms. The van der Waals surface area contributed by atoms with E-state index in [1.165, 1.54) is 50.7 Å². The monoisotopic (exact) mass is 334 g/mol. The number of hydrogen-bond acceptors (Lipinski definition) is 0. The maximum atomic E-state index is 13.5. The first kappa shape index (κ1) is 17.9. The van der Waals surface area contributed by atoms with E-state index < -0.39 is 11.6 Å². The average molecular weight is 334 g/mol. The molecule has 2 aliphatic rings. The van der Waals surface area contributed by atoms with E-state index in [-0.39, 0.29) is 0 Å². The Hall–Kier alpha value is -0.920. The van der Waals surface area contributed by atoms with Crippen LogP contribution in [-0.2, 0) is 0 Å². The summed E-state index contributed by atoms with van der Waals surface area (Å²) in [7, 11) is 0. The number of halogens is 2. The molecule has 0 N–H and O–H groups in total. The van der Waals surface area contributed by atoms with Crippen LogP contribution in [0.5, 0.6) is 0 Å². The first-order valence-electron chi connectivity index (χ1n) is 9.79. The SMILES string of the molecule is CC(C)(C)C1CCC(C2CCC(c3ccc(F)c(F)c3)CC2)CC1. The number of rotatable bonds is 2. The standard InChI is InChI=1S/C22H32F2/c1-22(2,3)19-11-8-16(9-12-19)15-4-6-17(7-5-15)18-10-13-20(23)21(24)14-18/h10,13-17,19H,4-9,11-12H2,1-3H3. The van der Waals surface area contributed by atoms with E-state index in [1.807, 2.05) is 0 Å². The minimum atomic E-state index is -0.733. The summed E-state index contributed by atoms with van der Waals surface area (Å²) < 4.78 is 26.6. The van der Waals surface area contributed by atoms with Crippen molar-refractivity contribution in [2.45, 2.75) is 78.1 Å². The molecular formula is C22H32F2. The zero-order valence-corrected chi connectivity index (χ0v) is 15.5. The molecule has 2 aliphatic carbocycles. The molecular weight excluding hydrogens is 302 g/mol. The topological polar surface area (TPSA) is 0 Å². The van der Waals surface area contributed by atoms with Crippen LogP contribution < -0.4 is 0 Å². The van der Waals surface area contributed by atoms with Gasteiger partial charge in [0.15, 0.2) is 11.6 Å². The minimum absolute atomic E-state index is 0.419. The van der Waals surface area contributed by atoms with E-state index in [1.54, 1.807) is 6.07 Å². The summed E-state index contributed by atoms with van der Waals surface area (Å²) in [4.78, 5) is 0. The van der Waals surface area contributed by atoms with Gasteiger partial charge < -0.3 is 0 Å². The van der Waals surface area contributed by atoms with Gasteiger partial charge in [0.2, 0.25) is 0 Å². The highest BCUT2D eigenvalue weighted by Gasteiger charge is 2.34. The van der Waals surface area contributed by atoms with Crippen LogP contribution in [0, 0.1) is 34.8 Å². The van der Waals surface area contributed by atoms with Crippen LogP contribution in [0.4, 0.5) is 8.78 Å². The second-order valence-corrected chi connectivity index (χ2v) is 9.26. The van der Waals surface area contributed by atoms with Crippen LogP contribution >= 0.6 is 0 Å². The third-order valence-electron chi connectivity index (χ3n) is 6.85. The Kier molecular flexibility index (Phi) is 5.32. The van der Waals surface area contributed by atoms with Crippen molar-refractivity contribution in [3.8, 4) is 0 Å². The lowest BCUT2D eigenvalue weighted by Gasteiger charge is -2.41. The van der Waals surface area contributed by atoms with E-state index in [2.05, 4.69) is 20.8 Å². The average Bonchev–Trinajstić information content (AvgIpc) is 2.57. The molecule has 0 nitrogen and oxygen atoms in total. The van der Waals surface area contributed by atoms with Crippen molar-refractivity contribution in [1.29, 1.82) is 0 Å². The van der Waals surface area contributed by atoms with Crippen molar-refractivity contribution >= 4 is 0 Å². The molecule has 0 aliphatic heterocycles. The Bertz CT molecular complexity index is 542. The zero-order valence-electron chi connectivity index (χ0n) is 15.5. The first-order chi connectivity index (χ1) is 11.3. The summed E-state index contributed by atoms with van der Waals surface area (Å²) in [5, 5.41) is 0. The Balaban J connectivity index is 1.51. The fraction of sp³-hybridized carbons (Fsp3) is 0.727. The molecule has 0 unspecified atom stereocenters. The number of hydrogen-bond donors (Lipinski definition) is 0. The molecule has 0 atom stereocenters. The molecule has 0 saturated heterocycles. The van der Waals surface area contributed by atoms with Crippen molar-refractivity contribution in [2.75, 3.05) is 0 Å². The molecule has 0 heterocycles. The maximum absolute atomic E-state index is 13.5. The summed E-state index contributed by atoms with van der Waals surface area (Å²) in [5.74, 6) is 1.62. The molecule has 0 radical (unpaired) electrons. The molecule has 24 heavy (non-hydrogen) atoms. The predicted octanol–water partition coefficient (Wildman–Crippen LogP) is 7.09. The Morgan fingerprint density at radius 3 is 1.79 bits per heavy atom. The maximum Gasteiger partial charge on any atom is 0.159 e. The quantitative estimate of drug-likeness (QED) is 0.541. The van der Waals surface area contributed by atoms with Crippen LogP contribution in [0.15, 0.2) is 18.2 Å². The van der Waals surface area contributed by atoms with Crippen molar-refractivity contribution in [3.63, 3.8) is 0 Å². The molecule has 134 valence electrons. The van der Waals surface area contributed by atoms with Crippen molar-refractivity contribution < 1.29 is 8.78 Å². The van der Waals surface area contributed by atoms with Gasteiger partial charge in [-0.1, -0.05) is 26.8 Å². The molecule has 2 fully saturated rings. The van der Waals surface area contributed by atoms with Gasteiger partial charge in [-0.2, -0.15) is 0 Å². The van der Waals surface area contributed by atoms with Gasteiger partial charge in [-0.05, 0) is 98.1 Å². The molecule has 0 amide bonds. The highest BCUT2D eigenvalue weighted by Crippen LogP contribution is 2.46. The van der Waals surface area contributed by atoms with Crippen LogP contribution in [0.2, 0.25) is 0 Å². The van der Waals surface area contributed by atoms with Crippen molar-refractivity contribution in [2.24, 2.45) is 23.2 Å². The molecule has 3 rings (SSSR count).